The fourth-order valence-electron chi connectivity index (χ4n) is 3.05. The van der Waals surface area contributed by atoms with E-state index in [1.165, 1.54) is 0 Å². The number of hydrogen-bond acceptors (Lipinski definition) is 4. The second-order valence-electron chi connectivity index (χ2n) is 6.48. The number of amides is 3. The molecule has 1 saturated heterocycles. The Morgan fingerprint density at radius 2 is 2.12 bits per heavy atom. The van der Waals surface area contributed by atoms with Gasteiger partial charge in [0.2, 0.25) is 5.91 Å². The second-order valence-corrected chi connectivity index (χ2v) is 7.53. The molecule has 138 valence electrons. The molecule has 0 aliphatic carbocycles. The van der Waals surface area contributed by atoms with E-state index in [9.17, 15) is 9.59 Å². The number of aromatic nitrogens is 2. The Kier molecular flexibility index (Phi) is 5.51. The minimum Gasteiger partial charge on any atom is -0.369 e. The molecule has 26 heavy (non-hydrogen) atoms. The van der Waals surface area contributed by atoms with Gasteiger partial charge in [0.15, 0.2) is 0 Å². The number of carbonyl (C=O) groups excluding carboxylic acids is 2. The fraction of sp³-hybridized carbons (Fsp3) is 0.389. The number of anilines is 1. The number of benzene rings is 1. The van der Waals surface area contributed by atoms with Crippen LogP contribution in [0.4, 0.5) is 10.5 Å². The molecule has 0 radical (unpaired) electrons. The highest BCUT2D eigenvalue weighted by molar-refractivity contribution is 7.99. The number of nitrogens with one attached hydrogen (secondary N) is 2. The highest BCUT2D eigenvalue weighted by Crippen LogP contribution is 2.36. The molecule has 2 heterocycles. The monoisotopic (exact) mass is 373 g/mol. The fourth-order valence-corrected chi connectivity index (χ4v) is 4.04. The first-order valence-electron chi connectivity index (χ1n) is 8.59. The minimum absolute atomic E-state index is 0.204. The van der Waals surface area contributed by atoms with Gasteiger partial charge in [0.05, 0.1) is 22.2 Å². The molecule has 0 bridgehead atoms. The number of hydrogen-bond donors (Lipinski definition) is 3. The van der Waals surface area contributed by atoms with Crippen LogP contribution in [0.1, 0.15) is 24.2 Å². The van der Waals surface area contributed by atoms with Gasteiger partial charge in [-0.15, -0.1) is 0 Å². The molecule has 3 amide bonds. The molecule has 1 fully saturated rings. The summed E-state index contributed by atoms with van der Waals surface area (Å²) in [6, 6.07) is 7.46. The lowest BCUT2D eigenvalue weighted by Gasteiger charge is -2.31. The van der Waals surface area contributed by atoms with Crippen LogP contribution >= 0.6 is 11.8 Å². The van der Waals surface area contributed by atoms with E-state index in [1.807, 2.05) is 38.1 Å². The summed E-state index contributed by atoms with van der Waals surface area (Å²) in [5.41, 5.74) is 8.06. The molecule has 1 aliphatic rings. The molecule has 3 rings (SSSR count). The van der Waals surface area contributed by atoms with Gasteiger partial charge in [-0.1, -0.05) is 23.9 Å². The zero-order valence-corrected chi connectivity index (χ0v) is 15.7. The number of rotatable bonds is 4. The van der Waals surface area contributed by atoms with Crippen LogP contribution in [0.5, 0.6) is 0 Å². The molecule has 7 nitrogen and oxygen atoms in total. The molecule has 1 atom stereocenters. The van der Waals surface area contributed by atoms with Crippen LogP contribution in [0.2, 0.25) is 0 Å². The zero-order chi connectivity index (χ0) is 18.7. The molecule has 1 aromatic heterocycles. The average molecular weight is 373 g/mol. The van der Waals surface area contributed by atoms with Crippen molar-refractivity contribution in [1.29, 1.82) is 0 Å². The molecule has 2 aromatic rings. The first kappa shape index (κ1) is 18.3. The maximum atomic E-state index is 12.7. The standard InChI is InChI=1S/C18H23N5O2S/c1-11-16(12(2)22-21-11)26-15-8-4-3-7-14(15)20-18(25)23-9-5-6-13(10-23)17(19)24/h3-4,7-8,13H,5-6,9-10H2,1-2H3,(H2,19,24)(H,20,25)(H,21,22)/t13-/m1/s1. The SMILES string of the molecule is Cc1n[nH]c(C)c1Sc1ccccc1NC(=O)N1CCC[C@@H](C(N)=O)C1. The van der Waals surface area contributed by atoms with Gasteiger partial charge < -0.3 is 16.0 Å². The topological polar surface area (TPSA) is 104 Å². The number of carbonyl (C=O) groups is 2. The zero-order valence-electron chi connectivity index (χ0n) is 14.9. The van der Waals surface area contributed by atoms with Gasteiger partial charge in [-0.05, 0) is 38.8 Å². The molecule has 0 saturated carbocycles. The largest absolute Gasteiger partial charge is 0.369 e. The Morgan fingerprint density at radius 3 is 2.81 bits per heavy atom. The summed E-state index contributed by atoms with van der Waals surface area (Å²) < 4.78 is 0. The smallest absolute Gasteiger partial charge is 0.321 e. The quantitative estimate of drug-likeness (QED) is 0.766. The summed E-state index contributed by atoms with van der Waals surface area (Å²) in [4.78, 5) is 27.7. The van der Waals surface area contributed by atoms with Crippen molar-refractivity contribution in [2.75, 3.05) is 18.4 Å². The highest BCUT2D eigenvalue weighted by atomic mass is 32.2. The maximum absolute atomic E-state index is 12.7. The van der Waals surface area contributed by atoms with E-state index in [0.717, 1.165) is 39.7 Å². The van der Waals surface area contributed by atoms with Crippen LogP contribution in [0, 0.1) is 19.8 Å². The average Bonchev–Trinajstić information content (AvgIpc) is 2.95. The lowest BCUT2D eigenvalue weighted by molar-refractivity contribution is -0.123. The second kappa shape index (κ2) is 7.82. The van der Waals surface area contributed by atoms with Gasteiger partial charge in [0.1, 0.15) is 0 Å². The molecule has 1 aromatic carbocycles. The Morgan fingerprint density at radius 1 is 1.35 bits per heavy atom. The van der Waals surface area contributed by atoms with Crippen LogP contribution in [-0.2, 0) is 4.79 Å². The maximum Gasteiger partial charge on any atom is 0.321 e. The summed E-state index contributed by atoms with van der Waals surface area (Å²) in [5, 5.41) is 10.2. The summed E-state index contributed by atoms with van der Waals surface area (Å²) >= 11 is 1.57. The van der Waals surface area contributed by atoms with Crippen LogP contribution in [0.3, 0.4) is 0 Å². The number of H-pyrrole nitrogens is 1. The van der Waals surface area contributed by atoms with E-state index >= 15 is 0 Å². The van der Waals surface area contributed by atoms with Crippen molar-refractivity contribution in [2.45, 2.75) is 36.5 Å². The Balaban J connectivity index is 1.74. The normalized spacial score (nSPS) is 17.2. The van der Waals surface area contributed by atoms with E-state index in [2.05, 4.69) is 15.5 Å². The van der Waals surface area contributed by atoms with Crippen molar-refractivity contribution in [3.63, 3.8) is 0 Å². The molecule has 0 spiro atoms. The van der Waals surface area contributed by atoms with Crippen molar-refractivity contribution in [1.82, 2.24) is 15.1 Å². The van der Waals surface area contributed by atoms with Gasteiger partial charge in [-0.25, -0.2) is 4.79 Å². The molecule has 4 N–H and O–H groups in total. The molecule has 0 unspecified atom stereocenters. The number of para-hydroxylation sites is 1. The van der Waals surface area contributed by atoms with Crippen molar-refractivity contribution in [2.24, 2.45) is 11.7 Å². The minimum atomic E-state index is -0.343. The Bertz CT molecular complexity index is 800. The van der Waals surface area contributed by atoms with Crippen molar-refractivity contribution >= 4 is 29.4 Å². The number of aryl methyl sites for hydroxylation is 2. The number of likely N-dealkylation sites (tertiary alicyclic amines) is 1. The Hall–Kier alpha value is -2.48. The summed E-state index contributed by atoms with van der Waals surface area (Å²) in [7, 11) is 0. The van der Waals surface area contributed by atoms with Gasteiger partial charge in [0.25, 0.3) is 0 Å². The first-order chi connectivity index (χ1) is 12.5. The predicted molar refractivity (Wildman–Crippen MR) is 101 cm³/mol. The Labute approximate surface area is 156 Å². The molecular formula is C18H23N5O2S. The molecule has 1 aliphatic heterocycles. The third-order valence-corrected chi connectivity index (χ3v) is 5.89. The number of urea groups is 1. The summed E-state index contributed by atoms with van der Waals surface area (Å²) in [5.74, 6) is -0.611. The van der Waals surface area contributed by atoms with E-state index < -0.39 is 0 Å². The predicted octanol–water partition coefficient (Wildman–Crippen LogP) is 2.91. The van der Waals surface area contributed by atoms with E-state index in [1.54, 1.807) is 16.7 Å². The summed E-state index contributed by atoms with van der Waals surface area (Å²) in [6.45, 7) is 4.92. The van der Waals surface area contributed by atoms with Crippen LogP contribution in [0.15, 0.2) is 34.1 Å². The molecule has 8 heteroatoms. The lowest BCUT2D eigenvalue weighted by atomic mass is 9.98. The van der Waals surface area contributed by atoms with Gasteiger partial charge in [-0.3, -0.25) is 9.89 Å². The van der Waals surface area contributed by atoms with Crippen molar-refractivity contribution in [3.05, 3.63) is 35.7 Å². The number of piperidine rings is 1. The van der Waals surface area contributed by atoms with Crippen LogP contribution < -0.4 is 11.1 Å². The highest BCUT2D eigenvalue weighted by Gasteiger charge is 2.27. The van der Waals surface area contributed by atoms with Gasteiger partial charge in [0, 0.05) is 23.7 Å². The summed E-state index contributed by atoms with van der Waals surface area (Å²) in [6.07, 6.45) is 1.52. The third kappa shape index (κ3) is 4.01. The number of nitrogens with zero attached hydrogens (tertiary/aromatic N) is 2. The third-order valence-electron chi connectivity index (χ3n) is 4.51. The van der Waals surface area contributed by atoms with Crippen LogP contribution in [-0.4, -0.2) is 40.1 Å². The van der Waals surface area contributed by atoms with Gasteiger partial charge >= 0.3 is 6.03 Å². The number of primary amides is 1. The lowest BCUT2D eigenvalue weighted by Crippen LogP contribution is -2.45. The first-order valence-corrected chi connectivity index (χ1v) is 9.41. The van der Waals surface area contributed by atoms with Gasteiger partial charge in [-0.2, -0.15) is 5.10 Å². The number of nitrogens with two attached hydrogens (primary N) is 1. The van der Waals surface area contributed by atoms with Crippen molar-refractivity contribution < 1.29 is 9.59 Å². The van der Waals surface area contributed by atoms with E-state index in [4.69, 9.17) is 5.73 Å². The van der Waals surface area contributed by atoms with Crippen molar-refractivity contribution in [3.8, 4) is 0 Å². The van der Waals surface area contributed by atoms with E-state index in [-0.39, 0.29) is 17.9 Å². The van der Waals surface area contributed by atoms with E-state index in [0.29, 0.717) is 13.1 Å². The molecular weight excluding hydrogens is 350 g/mol. The van der Waals surface area contributed by atoms with Crippen LogP contribution in [0.25, 0.3) is 0 Å². The number of aromatic amines is 1.